The number of ether oxygens (including phenoxy) is 1. The third kappa shape index (κ3) is 1.88. The maximum atomic E-state index is 11.1. The van der Waals surface area contributed by atoms with Gasteiger partial charge in [0, 0.05) is 15.5 Å². The number of nitrogens with two attached hydrogens (primary N) is 1. The number of carbonyl (C=O) groups excluding carboxylic acids is 1. The van der Waals surface area contributed by atoms with Crippen molar-refractivity contribution in [2.45, 2.75) is 0 Å². The van der Waals surface area contributed by atoms with Gasteiger partial charge >= 0.3 is 6.03 Å². The number of carbonyl (C=O) groups is 1. The van der Waals surface area contributed by atoms with Gasteiger partial charge in [-0.2, -0.15) is 0 Å². The Kier molecular flexibility index (Phi) is 2.76. The molecule has 2 amide bonds. The van der Waals surface area contributed by atoms with Crippen molar-refractivity contribution in [3.8, 4) is 5.75 Å². The van der Waals surface area contributed by atoms with Crippen LogP contribution in [-0.2, 0) is 0 Å². The topological polar surface area (TPSA) is 64.3 Å². The van der Waals surface area contributed by atoms with Gasteiger partial charge in [-0.25, -0.2) is 4.79 Å². The number of rotatable bonds is 2. The van der Waals surface area contributed by atoms with Crippen molar-refractivity contribution in [2.24, 2.45) is 5.73 Å². The summed E-state index contributed by atoms with van der Waals surface area (Å²) in [5.41, 5.74) is 5.93. The van der Waals surface area contributed by atoms with Gasteiger partial charge < -0.3 is 15.8 Å². The van der Waals surface area contributed by atoms with E-state index in [2.05, 4.69) is 5.32 Å². The van der Waals surface area contributed by atoms with Gasteiger partial charge in [0.1, 0.15) is 5.75 Å². The first-order valence-corrected chi connectivity index (χ1v) is 6.57. The minimum absolute atomic E-state index is 0.568. The molecule has 0 radical (unpaired) electrons. The quantitative estimate of drug-likeness (QED) is 0.749. The Morgan fingerprint density at radius 2 is 2.05 bits per heavy atom. The lowest BCUT2D eigenvalue weighted by Gasteiger charge is -2.07. The first-order valence-electron chi connectivity index (χ1n) is 5.75. The fourth-order valence-electron chi connectivity index (χ4n) is 2.20. The summed E-state index contributed by atoms with van der Waals surface area (Å²) in [6.45, 7) is 0. The summed E-state index contributed by atoms with van der Waals surface area (Å²) in [6.07, 6.45) is 0. The zero-order valence-corrected chi connectivity index (χ0v) is 11.1. The van der Waals surface area contributed by atoms with Gasteiger partial charge in [0.15, 0.2) is 0 Å². The number of hydrogen-bond donors (Lipinski definition) is 2. The van der Waals surface area contributed by atoms with Gasteiger partial charge in [-0.1, -0.05) is 18.2 Å². The molecular formula is C14H12N2O2S. The predicted molar refractivity (Wildman–Crippen MR) is 79.1 cm³/mol. The Balaban J connectivity index is 2.41. The number of amides is 2. The molecule has 0 atom stereocenters. The minimum atomic E-state index is -0.568. The first-order chi connectivity index (χ1) is 9.20. The normalized spacial score (nSPS) is 10.8. The highest BCUT2D eigenvalue weighted by atomic mass is 32.1. The molecule has 2 aromatic carbocycles. The monoisotopic (exact) mass is 272 g/mol. The van der Waals surface area contributed by atoms with Gasteiger partial charge in [0.25, 0.3) is 0 Å². The molecule has 0 saturated carbocycles. The van der Waals surface area contributed by atoms with Crippen molar-refractivity contribution in [2.75, 3.05) is 12.4 Å². The third-order valence-corrected chi connectivity index (χ3v) is 4.15. The number of fused-ring (bicyclic) bond motifs is 3. The Morgan fingerprint density at radius 1 is 1.26 bits per heavy atom. The molecule has 4 nitrogen and oxygen atoms in total. The maximum absolute atomic E-state index is 11.1. The van der Waals surface area contributed by atoms with Crippen LogP contribution in [0.5, 0.6) is 5.75 Å². The van der Waals surface area contributed by atoms with Crippen LogP contribution in [0.3, 0.4) is 0 Å². The van der Waals surface area contributed by atoms with E-state index < -0.39 is 6.03 Å². The SMILES string of the molecule is COc1ccc(NC(N)=O)c2c1sc1ccccc12. The van der Waals surface area contributed by atoms with Gasteiger partial charge in [-0.05, 0) is 18.2 Å². The molecule has 3 rings (SSSR count). The van der Waals surface area contributed by atoms with Crippen LogP contribution < -0.4 is 15.8 Å². The van der Waals surface area contributed by atoms with Gasteiger partial charge in [0.05, 0.1) is 17.5 Å². The summed E-state index contributed by atoms with van der Waals surface area (Å²) in [4.78, 5) is 11.1. The minimum Gasteiger partial charge on any atom is -0.495 e. The van der Waals surface area contributed by atoms with E-state index in [9.17, 15) is 4.79 Å². The zero-order chi connectivity index (χ0) is 13.4. The van der Waals surface area contributed by atoms with E-state index in [1.807, 2.05) is 36.4 Å². The molecule has 0 bridgehead atoms. The average Bonchev–Trinajstić information content (AvgIpc) is 2.78. The molecule has 3 N–H and O–H groups in total. The smallest absolute Gasteiger partial charge is 0.316 e. The van der Waals surface area contributed by atoms with Crippen LogP contribution >= 0.6 is 11.3 Å². The number of anilines is 1. The largest absolute Gasteiger partial charge is 0.495 e. The molecular weight excluding hydrogens is 260 g/mol. The average molecular weight is 272 g/mol. The summed E-state index contributed by atoms with van der Waals surface area (Å²) < 4.78 is 7.54. The molecule has 1 heterocycles. The number of thiophene rings is 1. The molecule has 0 unspecified atom stereocenters. The lowest BCUT2D eigenvalue weighted by Crippen LogP contribution is -2.19. The van der Waals surface area contributed by atoms with Crippen molar-refractivity contribution >= 4 is 43.2 Å². The summed E-state index contributed by atoms with van der Waals surface area (Å²) in [5, 5.41) is 4.73. The molecule has 5 heteroatoms. The molecule has 0 fully saturated rings. The number of hydrogen-bond acceptors (Lipinski definition) is 3. The van der Waals surface area contributed by atoms with E-state index in [-0.39, 0.29) is 0 Å². The molecule has 0 spiro atoms. The van der Waals surface area contributed by atoms with Gasteiger partial charge in [-0.15, -0.1) is 11.3 Å². The number of primary amides is 1. The summed E-state index contributed by atoms with van der Waals surface area (Å²) in [7, 11) is 1.64. The summed E-state index contributed by atoms with van der Waals surface area (Å²) in [5.74, 6) is 0.797. The lowest BCUT2D eigenvalue weighted by molar-refractivity contribution is 0.259. The Morgan fingerprint density at radius 3 is 2.79 bits per heavy atom. The first kappa shape index (κ1) is 11.8. The molecule has 1 aromatic heterocycles. The molecule has 0 aliphatic rings. The van der Waals surface area contributed by atoms with E-state index in [0.717, 1.165) is 25.9 Å². The Hall–Kier alpha value is -2.27. The van der Waals surface area contributed by atoms with Crippen LogP contribution in [0.4, 0.5) is 10.5 Å². The molecule has 0 saturated heterocycles. The van der Waals surface area contributed by atoms with Crippen LogP contribution in [0.25, 0.3) is 20.2 Å². The Labute approximate surface area is 113 Å². The van der Waals surface area contributed by atoms with Crippen molar-refractivity contribution in [1.29, 1.82) is 0 Å². The van der Waals surface area contributed by atoms with E-state index in [1.54, 1.807) is 18.4 Å². The molecule has 96 valence electrons. The molecule has 19 heavy (non-hydrogen) atoms. The molecule has 0 aliphatic heterocycles. The van der Waals surface area contributed by atoms with Crippen LogP contribution in [0.2, 0.25) is 0 Å². The van der Waals surface area contributed by atoms with E-state index >= 15 is 0 Å². The predicted octanol–water partition coefficient (Wildman–Crippen LogP) is 3.55. The zero-order valence-electron chi connectivity index (χ0n) is 10.3. The number of methoxy groups -OCH3 is 1. The number of benzene rings is 2. The highest BCUT2D eigenvalue weighted by Gasteiger charge is 2.14. The van der Waals surface area contributed by atoms with Crippen LogP contribution in [0.1, 0.15) is 0 Å². The van der Waals surface area contributed by atoms with Crippen LogP contribution in [0, 0.1) is 0 Å². The molecule has 0 aliphatic carbocycles. The van der Waals surface area contributed by atoms with E-state index in [0.29, 0.717) is 5.69 Å². The van der Waals surface area contributed by atoms with Crippen molar-refractivity contribution < 1.29 is 9.53 Å². The van der Waals surface area contributed by atoms with Gasteiger partial charge in [-0.3, -0.25) is 0 Å². The molecule has 3 aromatic rings. The summed E-state index contributed by atoms with van der Waals surface area (Å²) in [6, 6.07) is 11.1. The highest BCUT2D eigenvalue weighted by molar-refractivity contribution is 7.26. The number of nitrogens with one attached hydrogen (secondary N) is 1. The maximum Gasteiger partial charge on any atom is 0.316 e. The fourth-order valence-corrected chi connectivity index (χ4v) is 3.42. The van der Waals surface area contributed by atoms with Crippen molar-refractivity contribution in [1.82, 2.24) is 0 Å². The second kappa shape index (κ2) is 4.44. The standard InChI is InChI=1S/C14H12N2O2S/c1-18-10-7-6-9(16-14(15)17)12-8-4-2-3-5-11(8)19-13(10)12/h2-7H,1H3,(H3,15,16,17). The highest BCUT2D eigenvalue weighted by Crippen LogP contribution is 2.42. The van der Waals surface area contributed by atoms with Crippen LogP contribution in [-0.4, -0.2) is 13.1 Å². The van der Waals surface area contributed by atoms with E-state index in [1.165, 1.54) is 0 Å². The second-order valence-electron chi connectivity index (χ2n) is 4.11. The fraction of sp³-hybridized carbons (Fsp3) is 0.0714. The summed E-state index contributed by atoms with van der Waals surface area (Å²) >= 11 is 1.64. The van der Waals surface area contributed by atoms with Crippen LogP contribution in [0.15, 0.2) is 36.4 Å². The second-order valence-corrected chi connectivity index (χ2v) is 5.16. The Bertz CT molecular complexity index is 780. The van der Waals surface area contributed by atoms with Gasteiger partial charge in [0.2, 0.25) is 0 Å². The number of urea groups is 1. The van der Waals surface area contributed by atoms with Crippen molar-refractivity contribution in [3.63, 3.8) is 0 Å². The lowest BCUT2D eigenvalue weighted by atomic mass is 10.1. The van der Waals surface area contributed by atoms with Crippen molar-refractivity contribution in [3.05, 3.63) is 36.4 Å². The van der Waals surface area contributed by atoms with E-state index in [4.69, 9.17) is 10.5 Å². The third-order valence-electron chi connectivity index (χ3n) is 2.97.